The molecule has 0 atom stereocenters. The van der Waals surface area contributed by atoms with Crippen LogP contribution in [0, 0.1) is 11.7 Å². The van der Waals surface area contributed by atoms with Crippen LogP contribution in [0.1, 0.15) is 16.2 Å². The van der Waals surface area contributed by atoms with E-state index >= 15 is 4.39 Å². The van der Waals surface area contributed by atoms with Crippen molar-refractivity contribution in [3.8, 4) is 5.13 Å². The minimum atomic E-state index is -1.43. The Morgan fingerprint density at radius 1 is 1.22 bits per heavy atom. The number of pyridine rings is 2. The third-order valence-electron chi connectivity index (χ3n) is 5.95. The molecule has 0 radical (unpaired) electrons. The molecule has 4 aromatic rings. The predicted octanol–water partition coefficient (Wildman–Crippen LogP) is 1.78. The van der Waals surface area contributed by atoms with Gasteiger partial charge in [-0.1, -0.05) is 0 Å². The summed E-state index contributed by atoms with van der Waals surface area (Å²) in [5, 5.41) is 11.3. The number of halogens is 1. The molecule has 1 aliphatic rings. The number of rotatable bonds is 7. The highest BCUT2D eigenvalue weighted by Gasteiger charge is 2.35. The van der Waals surface area contributed by atoms with Gasteiger partial charge < -0.3 is 14.9 Å². The quantitative estimate of drug-likeness (QED) is 0.393. The molecule has 4 aromatic heterocycles. The Balaban J connectivity index is 1.40. The number of hydrogen-bond donors (Lipinski definition) is 1. The molecule has 0 spiro atoms. The van der Waals surface area contributed by atoms with Gasteiger partial charge in [-0.25, -0.2) is 29.1 Å². The average molecular weight is 510 g/mol. The maximum absolute atomic E-state index is 15.0. The van der Waals surface area contributed by atoms with Crippen molar-refractivity contribution in [2.24, 2.45) is 5.92 Å². The highest BCUT2D eigenvalue weighted by molar-refractivity contribution is 7.12. The summed E-state index contributed by atoms with van der Waals surface area (Å²) in [4.78, 5) is 57.4. The predicted molar refractivity (Wildman–Crippen MR) is 131 cm³/mol. The Morgan fingerprint density at radius 2 is 1.94 bits per heavy atom. The summed E-state index contributed by atoms with van der Waals surface area (Å²) in [5.41, 5.74) is -0.437. The van der Waals surface area contributed by atoms with E-state index in [4.69, 9.17) is 0 Å². The van der Waals surface area contributed by atoms with Gasteiger partial charge in [0.15, 0.2) is 22.4 Å². The molecule has 0 amide bonds. The second-order valence-electron chi connectivity index (χ2n) is 8.52. The van der Waals surface area contributed by atoms with E-state index in [-0.39, 0.29) is 48.1 Å². The zero-order valence-electron chi connectivity index (χ0n) is 19.3. The van der Waals surface area contributed by atoms with Crippen molar-refractivity contribution in [1.82, 2.24) is 24.5 Å². The monoisotopic (exact) mass is 509 g/mol. The van der Waals surface area contributed by atoms with Gasteiger partial charge in [0.05, 0.1) is 35.8 Å². The van der Waals surface area contributed by atoms with Gasteiger partial charge >= 0.3 is 5.97 Å². The number of aromatic nitrogens is 5. The lowest BCUT2D eigenvalue weighted by Gasteiger charge is -2.39. The fourth-order valence-corrected chi connectivity index (χ4v) is 4.51. The number of aromatic carboxylic acids is 1. The molecule has 36 heavy (non-hydrogen) atoms. The maximum atomic E-state index is 15.0. The molecule has 1 aliphatic heterocycles. The molecule has 0 unspecified atom stereocenters. The van der Waals surface area contributed by atoms with E-state index in [1.165, 1.54) is 22.1 Å². The van der Waals surface area contributed by atoms with Gasteiger partial charge in [0.2, 0.25) is 5.43 Å². The van der Waals surface area contributed by atoms with Crippen LogP contribution >= 0.6 is 11.3 Å². The fraction of sp³-hybridized carbons (Fsp3) is 0.261. The Labute approximate surface area is 207 Å². The van der Waals surface area contributed by atoms with Crippen LogP contribution in [0.25, 0.3) is 16.2 Å². The van der Waals surface area contributed by atoms with Crippen LogP contribution in [0.3, 0.4) is 0 Å². The van der Waals surface area contributed by atoms with Crippen LogP contribution in [0.2, 0.25) is 0 Å². The molecule has 0 saturated carbocycles. The first-order valence-corrected chi connectivity index (χ1v) is 11.8. The number of thiazole rings is 1. The standard InChI is InChI=1S/C23H20FN7O4S/c1-29(2)13-7-26-18(27-8-13)6-17(32)12-9-30(10-12)21-16(24)5-14-19(33)15(22(34)35)11-31(20(14)28-21)23-25-3-4-36-23/h3-5,7-8,11-12H,6,9-10H2,1-2H3,(H,34,35). The highest BCUT2D eigenvalue weighted by Crippen LogP contribution is 2.29. The molecular weight excluding hydrogens is 489 g/mol. The number of hydrogen-bond acceptors (Lipinski definition) is 10. The Morgan fingerprint density at radius 3 is 2.56 bits per heavy atom. The normalized spacial score (nSPS) is 13.6. The first-order valence-electron chi connectivity index (χ1n) is 10.9. The van der Waals surface area contributed by atoms with Crippen LogP contribution in [0.5, 0.6) is 0 Å². The van der Waals surface area contributed by atoms with Gasteiger partial charge in [0.1, 0.15) is 17.2 Å². The molecule has 13 heteroatoms. The largest absolute Gasteiger partial charge is 0.477 e. The number of carbonyl (C=O) groups excluding carboxylic acids is 1. The average Bonchev–Trinajstić information content (AvgIpc) is 3.34. The van der Waals surface area contributed by atoms with E-state index in [0.29, 0.717) is 11.0 Å². The topological polar surface area (TPSA) is 134 Å². The minimum Gasteiger partial charge on any atom is -0.477 e. The third kappa shape index (κ3) is 4.17. The SMILES string of the molecule is CN(C)c1cnc(CC(=O)C2CN(c3nc4c(cc3F)c(=O)c(C(=O)O)cn4-c3nccs3)C2)nc1. The zero-order valence-corrected chi connectivity index (χ0v) is 20.1. The summed E-state index contributed by atoms with van der Waals surface area (Å²) in [6.45, 7) is 0.497. The number of ketones is 1. The summed E-state index contributed by atoms with van der Waals surface area (Å²) >= 11 is 1.21. The van der Waals surface area contributed by atoms with Crippen LogP contribution in [-0.4, -0.2) is 68.5 Å². The van der Waals surface area contributed by atoms with Crippen molar-refractivity contribution >= 4 is 45.6 Å². The Kier molecular flexibility index (Phi) is 5.92. The highest BCUT2D eigenvalue weighted by atomic mass is 32.1. The van der Waals surface area contributed by atoms with Gasteiger partial charge in [0.25, 0.3) is 0 Å². The zero-order chi connectivity index (χ0) is 25.6. The summed E-state index contributed by atoms with van der Waals surface area (Å²) < 4.78 is 16.4. The molecule has 184 valence electrons. The maximum Gasteiger partial charge on any atom is 0.341 e. The first-order chi connectivity index (χ1) is 17.2. The van der Waals surface area contributed by atoms with Crippen molar-refractivity contribution in [2.75, 3.05) is 37.0 Å². The summed E-state index contributed by atoms with van der Waals surface area (Å²) in [6.07, 6.45) is 6.04. The van der Waals surface area contributed by atoms with Crippen molar-refractivity contribution in [3.63, 3.8) is 0 Å². The van der Waals surface area contributed by atoms with Gasteiger partial charge in [-0.3, -0.25) is 14.2 Å². The number of Topliss-reactive ketones (excluding diaryl/α,β-unsaturated/α-hetero) is 1. The minimum absolute atomic E-state index is 0.0223. The molecular formula is C23H20FN7O4S. The lowest BCUT2D eigenvalue weighted by molar-refractivity contribution is -0.123. The van der Waals surface area contributed by atoms with E-state index in [0.717, 1.165) is 18.0 Å². The van der Waals surface area contributed by atoms with Gasteiger partial charge in [-0.2, -0.15) is 0 Å². The molecule has 0 aromatic carbocycles. The van der Waals surface area contributed by atoms with Gasteiger partial charge in [0, 0.05) is 45.0 Å². The van der Waals surface area contributed by atoms with Crippen LogP contribution < -0.4 is 15.2 Å². The molecule has 5 heterocycles. The van der Waals surface area contributed by atoms with Crippen molar-refractivity contribution in [3.05, 3.63) is 63.7 Å². The van der Waals surface area contributed by atoms with E-state index < -0.39 is 22.8 Å². The van der Waals surface area contributed by atoms with E-state index in [9.17, 15) is 19.5 Å². The molecule has 0 bridgehead atoms. The lowest BCUT2D eigenvalue weighted by Crippen LogP contribution is -2.51. The van der Waals surface area contributed by atoms with E-state index in [1.807, 2.05) is 19.0 Å². The number of anilines is 2. The second-order valence-corrected chi connectivity index (χ2v) is 9.40. The Hall–Kier alpha value is -4.26. The van der Waals surface area contributed by atoms with Crippen LogP contribution in [0.4, 0.5) is 15.9 Å². The fourth-order valence-electron chi connectivity index (χ4n) is 3.89. The van der Waals surface area contributed by atoms with Crippen molar-refractivity contribution in [1.29, 1.82) is 0 Å². The summed E-state index contributed by atoms with van der Waals surface area (Å²) in [7, 11) is 3.74. The van der Waals surface area contributed by atoms with Crippen molar-refractivity contribution in [2.45, 2.75) is 6.42 Å². The number of nitrogens with zero attached hydrogens (tertiary/aromatic N) is 7. The van der Waals surface area contributed by atoms with Crippen LogP contribution in [-0.2, 0) is 11.2 Å². The van der Waals surface area contributed by atoms with Gasteiger partial charge in [-0.15, -0.1) is 11.3 Å². The molecule has 1 fully saturated rings. The molecule has 0 aliphatic carbocycles. The van der Waals surface area contributed by atoms with E-state index in [1.54, 1.807) is 22.7 Å². The Bertz CT molecular complexity index is 1530. The lowest BCUT2D eigenvalue weighted by atomic mass is 9.93. The molecule has 11 nitrogen and oxygen atoms in total. The first kappa shape index (κ1) is 23.5. The second kappa shape index (κ2) is 9.07. The van der Waals surface area contributed by atoms with Crippen molar-refractivity contribution < 1.29 is 19.1 Å². The number of carboxylic acids is 1. The molecule has 5 rings (SSSR count). The number of carboxylic acid groups (broad SMARTS) is 1. The van der Waals surface area contributed by atoms with Crippen LogP contribution in [0.15, 0.2) is 41.0 Å². The number of fused-ring (bicyclic) bond motifs is 1. The summed E-state index contributed by atoms with van der Waals surface area (Å²) in [6, 6.07) is 0.992. The molecule has 1 N–H and O–H groups in total. The third-order valence-corrected chi connectivity index (χ3v) is 6.72. The van der Waals surface area contributed by atoms with E-state index in [2.05, 4.69) is 19.9 Å². The molecule has 1 saturated heterocycles. The van der Waals surface area contributed by atoms with Gasteiger partial charge in [-0.05, 0) is 6.07 Å². The summed E-state index contributed by atoms with van der Waals surface area (Å²) in [5.74, 6) is -2.21. The number of carbonyl (C=O) groups is 2. The smallest absolute Gasteiger partial charge is 0.341 e.